The van der Waals surface area contributed by atoms with Gasteiger partial charge in [0.1, 0.15) is 0 Å². The third kappa shape index (κ3) is 3.51. The monoisotopic (exact) mass is 224 g/mol. The average Bonchev–Trinajstić information content (AvgIpc) is 2.30. The minimum atomic E-state index is -0.186. The molecule has 4 nitrogen and oxygen atoms in total. The van der Waals surface area contributed by atoms with Gasteiger partial charge < -0.3 is 9.64 Å². The normalized spacial score (nSPS) is 18.2. The van der Waals surface area contributed by atoms with Crippen LogP contribution in [0.2, 0.25) is 0 Å². The summed E-state index contributed by atoms with van der Waals surface area (Å²) in [6.07, 6.45) is 5.20. The number of ether oxygens (including phenoxy) is 1. The Labute approximate surface area is 97.3 Å². The molecule has 0 saturated carbocycles. The molecule has 0 aromatic heterocycles. The number of carbonyl (C=O) groups is 1. The molecule has 4 heteroatoms. The molecule has 16 heavy (non-hydrogen) atoms. The van der Waals surface area contributed by atoms with Gasteiger partial charge >= 0.3 is 0 Å². The Balaban J connectivity index is 2.55. The Bertz CT molecular complexity index is 265. The molecule has 0 aromatic carbocycles. The molecule has 1 N–H and O–H groups in total. The van der Waals surface area contributed by atoms with Gasteiger partial charge in [-0.1, -0.05) is 19.8 Å². The largest absolute Gasteiger partial charge is 0.378 e. The predicted molar refractivity (Wildman–Crippen MR) is 62.9 cm³/mol. The highest BCUT2D eigenvalue weighted by Gasteiger charge is 2.27. The summed E-state index contributed by atoms with van der Waals surface area (Å²) in [5.74, 6) is 2.88. The second-order valence-electron chi connectivity index (χ2n) is 4.24. The first-order valence-corrected chi connectivity index (χ1v) is 5.70. The van der Waals surface area contributed by atoms with Crippen LogP contribution >= 0.6 is 0 Å². The number of carbonyl (C=O) groups excluding carboxylic acids is 1. The summed E-state index contributed by atoms with van der Waals surface area (Å²) >= 11 is 0. The van der Waals surface area contributed by atoms with Crippen LogP contribution in [0.3, 0.4) is 0 Å². The average molecular weight is 224 g/mol. The molecule has 1 amide bonds. The van der Waals surface area contributed by atoms with Gasteiger partial charge in [0, 0.05) is 13.1 Å². The number of rotatable bonds is 4. The fraction of sp³-hybridized carbons (Fsp3) is 0.750. The van der Waals surface area contributed by atoms with Crippen LogP contribution in [0.25, 0.3) is 0 Å². The lowest BCUT2D eigenvalue weighted by molar-refractivity contribution is -0.138. The zero-order valence-electron chi connectivity index (χ0n) is 10.0. The van der Waals surface area contributed by atoms with Gasteiger partial charge in [-0.2, -0.15) is 0 Å². The molecule has 1 atom stereocenters. The van der Waals surface area contributed by atoms with E-state index >= 15 is 0 Å². The van der Waals surface area contributed by atoms with Crippen LogP contribution in [0.15, 0.2) is 0 Å². The summed E-state index contributed by atoms with van der Waals surface area (Å²) in [5.41, 5.74) is 0. The standard InChI is InChI=1S/C12H20N2O2/c1-4-5-13-11(10(2)3)12(15)14-6-8-16-9-7-14/h1,10-11,13H,5-9H2,2-3H3. The molecule has 90 valence electrons. The van der Waals surface area contributed by atoms with E-state index in [0.29, 0.717) is 32.8 Å². The van der Waals surface area contributed by atoms with E-state index in [4.69, 9.17) is 11.2 Å². The summed E-state index contributed by atoms with van der Waals surface area (Å²) < 4.78 is 5.22. The van der Waals surface area contributed by atoms with Gasteiger partial charge in [-0.3, -0.25) is 10.1 Å². The number of nitrogens with zero attached hydrogens (tertiary/aromatic N) is 1. The van der Waals surface area contributed by atoms with Crippen molar-refractivity contribution in [3.05, 3.63) is 0 Å². The highest BCUT2D eigenvalue weighted by molar-refractivity contribution is 5.82. The number of hydrogen-bond donors (Lipinski definition) is 1. The van der Waals surface area contributed by atoms with Crippen LogP contribution in [-0.4, -0.2) is 49.7 Å². The Kier molecular flexibility index (Phi) is 5.30. The van der Waals surface area contributed by atoms with Gasteiger partial charge in [-0.25, -0.2) is 0 Å². The zero-order chi connectivity index (χ0) is 12.0. The summed E-state index contributed by atoms with van der Waals surface area (Å²) in [6.45, 7) is 7.09. The third-order valence-corrected chi connectivity index (χ3v) is 2.68. The minimum absolute atomic E-state index is 0.133. The van der Waals surface area contributed by atoms with E-state index < -0.39 is 0 Å². The number of nitrogens with one attached hydrogen (secondary N) is 1. The molecule has 1 rings (SSSR count). The van der Waals surface area contributed by atoms with Gasteiger partial charge in [0.15, 0.2) is 0 Å². The van der Waals surface area contributed by atoms with Crippen molar-refractivity contribution in [3.8, 4) is 12.3 Å². The van der Waals surface area contributed by atoms with Crippen molar-refractivity contribution in [2.24, 2.45) is 5.92 Å². The van der Waals surface area contributed by atoms with Crippen LogP contribution in [0.1, 0.15) is 13.8 Å². The van der Waals surface area contributed by atoms with E-state index in [2.05, 4.69) is 11.2 Å². The van der Waals surface area contributed by atoms with Crippen LogP contribution in [0, 0.1) is 18.3 Å². The summed E-state index contributed by atoms with van der Waals surface area (Å²) in [7, 11) is 0. The van der Waals surface area contributed by atoms with Gasteiger partial charge in [0.2, 0.25) is 5.91 Å². The molecule has 0 bridgehead atoms. The van der Waals surface area contributed by atoms with Crippen LogP contribution in [0.4, 0.5) is 0 Å². The third-order valence-electron chi connectivity index (χ3n) is 2.68. The molecule has 0 aromatic rings. The van der Waals surface area contributed by atoms with Gasteiger partial charge in [-0.05, 0) is 5.92 Å². The van der Waals surface area contributed by atoms with Crippen LogP contribution < -0.4 is 5.32 Å². The van der Waals surface area contributed by atoms with E-state index in [1.165, 1.54) is 0 Å². The maximum absolute atomic E-state index is 12.2. The van der Waals surface area contributed by atoms with Gasteiger partial charge in [0.25, 0.3) is 0 Å². The summed E-state index contributed by atoms with van der Waals surface area (Å²) in [4.78, 5) is 14.0. The second kappa shape index (κ2) is 6.51. The molecule has 1 aliphatic rings. The first-order chi connectivity index (χ1) is 7.66. The number of morpholine rings is 1. The van der Waals surface area contributed by atoms with Crippen molar-refractivity contribution in [2.75, 3.05) is 32.8 Å². The van der Waals surface area contributed by atoms with E-state index in [1.54, 1.807) is 0 Å². The summed E-state index contributed by atoms with van der Waals surface area (Å²) in [5, 5.41) is 3.10. The van der Waals surface area contributed by atoms with E-state index in [1.807, 2.05) is 18.7 Å². The fourth-order valence-corrected chi connectivity index (χ4v) is 1.76. The smallest absolute Gasteiger partial charge is 0.240 e. The summed E-state index contributed by atoms with van der Waals surface area (Å²) in [6, 6.07) is -0.186. The first kappa shape index (κ1) is 13.0. The molecule has 1 aliphatic heterocycles. The molecular formula is C12H20N2O2. The molecule has 0 aliphatic carbocycles. The lowest BCUT2D eigenvalue weighted by Crippen LogP contribution is -2.52. The van der Waals surface area contributed by atoms with Crippen LogP contribution in [0.5, 0.6) is 0 Å². The lowest BCUT2D eigenvalue weighted by atomic mass is 10.0. The molecule has 0 spiro atoms. The van der Waals surface area contributed by atoms with Crippen LogP contribution in [-0.2, 0) is 9.53 Å². The fourth-order valence-electron chi connectivity index (χ4n) is 1.76. The molecule has 1 unspecified atom stereocenters. The van der Waals surface area contributed by atoms with Crippen molar-refractivity contribution in [1.82, 2.24) is 10.2 Å². The van der Waals surface area contributed by atoms with Crippen molar-refractivity contribution in [1.29, 1.82) is 0 Å². The molecule has 1 saturated heterocycles. The topological polar surface area (TPSA) is 41.6 Å². The van der Waals surface area contributed by atoms with Crippen molar-refractivity contribution in [2.45, 2.75) is 19.9 Å². The maximum atomic E-state index is 12.2. The number of hydrogen-bond acceptors (Lipinski definition) is 3. The lowest BCUT2D eigenvalue weighted by Gasteiger charge is -2.32. The predicted octanol–water partition coefficient (Wildman–Crippen LogP) is 0.0926. The maximum Gasteiger partial charge on any atom is 0.240 e. The van der Waals surface area contributed by atoms with Crippen molar-refractivity contribution >= 4 is 5.91 Å². The highest BCUT2D eigenvalue weighted by Crippen LogP contribution is 2.08. The molecule has 1 heterocycles. The molecular weight excluding hydrogens is 204 g/mol. The Hall–Kier alpha value is -1.05. The van der Waals surface area contributed by atoms with E-state index in [-0.39, 0.29) is 17.9 Å². The van der Waals surface area contributed by atoms with Gasteiger partial charge in [-0.15, -0.1) is 6.42 Å². The SMILES string of the molecule is C#CCNC(C(=O)N1CCOCC1)C(C)C. The number of amides is 1. The van der Waals surface area contributed by atoms with Gasteiger partial charge in [0.05, 0.1) is 25.8 Å². The number of terminal acetylenes is 1. The Morgan fingerprint density at radius 2 is 2.12 bits per heavy atom. The first-order valence-electron chi connectivity index (χ1n) is 5.70. The highest BCUT2D eigenvalue weighted by atomic mass is 16.5. The molecule has 1 fully saturated rings. The molecule has 0 radical (unpaired) electrons. The second-order valence-corrected chi connectivity index (χ2v) is 4.24. The Morgan fingerprint density at radius 3 is 2.62 bits per heavy atom. The quantitative estimate of drug-likeness (QED) is 0.688. The van der Waals surface area contributed by atoms with E-state index in [0.717, 1.165) is 0 Å². The minimum Gasteiger partial charge on any atom is -0.378 e. The zero-order valence-corrected chi connectivity index (χ0v) is 10.0. The van der Waals surface area contributed by atoms with Crippen molar-refractivity contribution in [3.63, 3.8) is 0 Å². The van der Waals surface area contributed by atoms with E-state index in [9.17, 15) is 4.79 Å². The Morgan fingerprint density at radius 1 is 1.50 bits per heavy atom. The van der Waals surface area contributed by atoms with Crippen molar-refractivity contribution < 1.29 is 9.53 Å².